The van der Waals surface area contributed by atoms with Crippen LogP contribution in [0.25, 0.3) is 0 Å². The Labute approximate surface area is 111 Å². The second kappa shape index (κ2) is 5.43. The van der Waals surface area contributed by atoms with E-state index in [4.69, 9.17) is 11.5 Å². The van der Waals surface area contributed by atoms with Gasteiger partial charge in [0.2, 0.25) is 0 Å². The summed E-state index contributed by atoms with van der Waals surface area (Å²) in [6.45, 7) is 2.01. The monoisotopic (exact) mass is 259 g/mol. The molecule has 0 bridgehead atoms. The Hall–Kier alpha value is -2.50. The summed E-state index contributed by atoms with van der Waals surface area (Å²) in [5.74, 6) is -0.556. The number of nitrogens with one attached hydrogen (secondary N) is 2. The molecule has 0 aliphatic heterocycles. The molecule has 1 unspecified atom stereocenters. The van der Waals surface area contributed by atoms with Crippen LogP contribution < -0.4 is 16.8 Å². The van der Waals surface area contributed by atoms with Crippen molar-refractivity contribution in [1.29, 1.82) is 0 Å². The number of aromatic nitrogens is 2. The van der Waals surface area contributed by atoms with Crippen molar-refractivity contribution >= 4 is 17.3 Å². The van der Waals surface area contributed by atoms with Crippen LogP contribution in [-0.4, -0.2) is 22.1 Å². The predicted octanol–water partition coefficient (Wildman–Crippen LogP) is 1.13. The average molecular weight is 259 g/mol. The zero-order valence-corrected chi connectivity index (χ0v) is 10.7. The van der Waals surface area contributed by atoms with E-state index in [0.29, 0.717) is 5.69 Å². The highest BCUT2D eigenvalue weighted by Crippen LogP contribution is 2.15. The molecule has 2 rings (SSSR count). The number of hydrogen-bond donors (Lipinski definition) is 4. The van der Waals surface area contributed by atoms with E-state index in [9.17, 15) is 4.79 Å². The minimum absolute atomic E-state index is 0.123. The van der Waals surface area contributed by atoms with Gasteiger partial charge in [-0.1, -0.05) is 12.1 Å². The molecule has 1 atom stereocenters. The lowest BCUT2D eigenvalue weighted by atomic mass is 10.1. The molecule has 0 radical (unpaired) electrons. The first-order chi connectivity index (χ1) is 9.06. The molecule has 1 aromatic carbocycles. The highest BCUT2D eigenvalue weighted by atomic mass is 16.1. The van der Waals surface area contributed by atoms with Crippen LogP contribution in [-0.2, 0) is 6.42 Å². The maximum absolute atomic E-state index is 11.2. The van der Waals surface area contributed by atoms with Crippen LogP contribution in [0, 0.1) is 0 Å². The van der Waals surface area contributed by atoms with Crippen LogP contribution in [0.15, 0.2) is 30.5 Å². The minimum atomic E-state index is -0.556. The third-order valence-corrected chi connectivity index (χ3v) is 2.77. The standard InChI is InChI=1S/C13H17N5O/c1-8(5-9-3-2-4-10(14)6-9)17-11-7-16-18-12(11)13(15)19/h2-4,6-8,17H,5,14H2,1H3,(H2,15,19)(H,16,18). The number of anilines is 2. The molecule has 6 nitrogen and oxygen atoms in total. The molecule has 6 heteroatoms. The maximum atomic E-state index is 11.2. The number of carbonyl (C=O) groups excluding carboxylic acids is 1. The van der Waals surface area contributed by atoms with Crippen molar-refractivity contribution in [2.24, 2.45) is 5.73 Å². The van der Waals surface area contributed by atoms with Gasteiger partial charge in [0.05, 0.1) is 5.69 Å². The summed E-state index contributed by atoms with van der Waals surface area (Å²) in [6.07, 6.45) is 2.41. The van der Waals surface area contributed by atoms with Gasteiger partial charge < -0.3 is 16.8 Å². The number of aromatic amines is 1. The van der Waals surface area contributed by atoms with E-state index in [1.807, 2.05) is 31.2 Å². The molecule has 6 N–H and O–H groups in total. The first-order valence-electron chi connectivity index (χ1n) is 6.01. The van der Waals surface area contributed by atoms with Gasteiger partial charge in [-0.3, -0.25) is 9.89 Å². The summed E-state index contributed by atoms with van der Waals surface area (Å²) in [6, 6.07) is 7.84. The van der Waals surface area contributed by atoms with Gasteiger partial charge in [0.15, 0.2) is 5.69 Å². The van der Waals surface area contributed by atoms with E-state index in [2.05, 4.69) is 15.5 Å². The number of rotatable bonds is 5. The molecule has 0 saturated heterocycles. The molecule has 2 aromatic rings. The Balaban J connectivity index is 2.03. The quantitative estimate of drug-likeness (QED) is 0.603. The molecule has 100 valence electrons. The van der Waals surface area contributed by atoms with Crippen LogP contribution in [0.3, 0.4) is 0 Å². The van der Waals surface area contributed by atoms with Gasteiger partial charge in [0, 0.05) is 17.9 Å². The lowest BCUT2D eigenvalue weighted by Crippen LogP contribution is -2.21. The van der Waals surface area contributed by atoms with Crippen LogP contribution in [0.5, 0.6) is 0 Å². The lowest BCUT2D eigenvalue weighted by molar-refractivity contribution is 0.0996. The topological polar surface area (TPSA) is 110 Å². The third kappa shape index (κ3) is 3.25. The number of benzene rings is 1. The van der Waals surface area contributed by atoms with Crippen molar-refractivity contribution in [2.45, 2.75) is 19.4 Å². The second-order valence-electron chi connectivity index (χ2n) is 4.51. The van der Waals surface area contributed by atoms with E-state index < -0.39 is 5.91 Å². The molecule has 0 aliphatic rings. The Morgan fingerprint density at radius 2 is 2.32 bits per heavy atom. The highest BCUT2D eigenvalue weighted by Gasteiger charge is 2.13. The summed E-state index contributed by atoms with van der Waals surface area (Å²) in [5.41, 5.74) is 13.7. The molecule has 0 saturated carbocycles. The SMILES string of the molecule is CC(Cc1cccc(N)c1)Nc1c[nH]nc1C(N)=O. The van der Waals surface area contributed by atoms with E-state index >= 15 is 0 Å². The van der Waals surface area contributed by atoms with Crippen LogP contribution in [0.2, 0.25) is 0 Å². The van der Waals surface area contributed by atoms with Gasteiger partial charge in [-0.25, -0.2) is 0 Å². The smallest absolute Gasteiger partial charge is 0.271 e. The fourth-order valence-electron chi connectivity index (χ4n) is 1.98. The fraction of sp³-hybridized carbons (Fsp3) is 0.231. The zero-order chi connectivity index (χ0) is 13.8. The lowest BCUT2D eigenvalue weighted by Gasteiger charge is -2.14. The molecule has 0 aliphatic carbocycles. The van der Waals surface area contributed by atoms with Gasteiger partial charge in [-0.15, -0.1) is 0 Å². The average Bonchev–Trinajstić information content (AvgIpc) is 2.76. The van der Waals surface area contributed by atoms with Crippen LogP contribution in [0.1, 0.15) is 23.0 Å². The van der Waals surface area contributed by atoms with Gasteiger partial charge in [-0.2, -0.15) is 5.10 Å². The summed E-state index contributed by atoms with van der Waals surface area (Å²) in [5, 5.41) is 9.64. The fourth-order valence-corrected chi connectivity index (χ4v) is 1.98. The number of nitrogens with zero attached hydrogens (tertiary/aromatic N) is 1. The van der Waals surface area contributed by atoms with Gasteiger partial charge in [0.25, 0.3) is 5.91 Å². The van der Waals surface area contributed by atoms with Gasteiger partial charge >= 0.3 is 0 Å². The molecular weight excluding hydrogens is 242 g/mol. The molecule has 1 aromatic heterocycles. The summed E-state index contributed by atoms with van der Waals surface area (Å²) < 4.78 is 0. The van der Waals surface area contributed by atoms with Crippen molar-refractivity contribution in [2.75, 3.05) is 11.1 Å². The van der Waals surface area contributed by atoms with Crippen molar-refractivity contribution < 1.29 is 4.79 Å². The summed E-state index contributed by atoms with van der Waals surface area (Å²) in [7, 11) is 0. The third-order valence-electron chi connectivity index (χ3n) is 2.77. The first kappa shape index (κ1) is 12.9. The number of hydrogen-bond acceptors (Lipinski definition) is 4. The second-order valence-corrected chi connectivity index (χ2v) is 4.51. The molecular formula is C13H17N5O. The van der Waals surface area contributed by atoms with Crippen LogP contribution >= 0.6 is 0 Å². The number of carbonyl (C=O) groups is 1. The largest absolute Gasteiger partial charge is 0.399 e. The van der Waals surface area contributed by atoms with E-state index in [1.54, 1.807) is 6.20 Å². The van der Waals surface area contributed by atoms with Gasteiger partial charge in [0.1, 0.15) is 0 Å². The zero-order valence-electron chi connectivity index (χ0n) is 10.7. The summed E-state index contributed by atoms with van der Waals surface area (Å²) in [4.78, 5) is 11.2. The van der Waals surface area contributed by atoms with Crippen molar-refractivity contribution in [3.63, 3.8) is 0 Å². The molecule has 1 heterocycles. The Morgan fingerprint density at radius 1 is 1.53 bits per heavy atom. The highest BCUT2D eigenvalue weighted by molar-refractivity contribution is 5.96. The van der Waals surface area contributed by atoms with Crippen LogP contribution in [0.4, 0.5) is 11.4 Å². The van der Waals surface area contributed by atoms with E-state index in [0.717, 1.165) is 17.7 Å². The summed E-state index contributed by atoms with van der Waals surface area (Å²) >= 11 is 0. The molecule has 1 amide bonds. The Bertz CT molecular complexity index is 578. The van der Waals surface area contributed by atoms with E-state index in [-0.39, 0.29) is 11.7 Å². The number of primary amides is 1. The minimum Gasteiger partial charge on any atom is -0.399 e. The first-order valence-corrected chi connectivity index (χ1v) is 6.01. The normalized spacial score (nSPS) is 12.1. The number of amides is 1. The Morgan fingerprint density at radius 3 is 3.00 bits per heavy atom. The molecule has 0 fully saturated rings. The predicted molar refractivity (Wildman–Crippen MR) is 74.7 cm³/mol. The number of H-pyrrole nitrogens is 1. The van der Waals surface area contributed by atoms with Crippen molar-refractivity contribution in [1.82, 2.24) is 10.2 Å². The number of nitrogens with two attached hydrogens (primary N) is 2. The maximum Gasteiger partial charge on any atom is 0.271 e. The van der Waals surface area contributed by atoms with E-state index in [1.165, 1.54) is 0 Å². The van der Waals surface area contributed by atoms with Gasteiger partial charge in [-0.05, 0) is 31.0 Å². The van der Waals surface area contributed by atoms with Crippen molar-refractivity contribution in [3.05, 3.63) is 41.7 Å². The molecule has 0 spiro atoms. The molecule has 19 heavy (non-hydrogen) atoms. The van der Waals surface area contributed by atoms with Crippen molar-refractivity contribution in [3.8, 4) is 0 Å². The Kier molecular flexibility index (Phi) is 3.70. The number of nitrogen functional groups attached to an aromatic ring is 1.